The summed E-state index contributed by atoms with van der Waals surface area (Å²) < 4.78 is 0. The van der Waals surface area contributed by atoms with Crippen molar-refractivity contribution >= 4 is 11.6 Å². The number of hydrogen-bond acceptors (Lipinski definition) is 2. The normalized spacial score (nSPS) is 18.5. The van der Waals surface area contributed by atoms with Crippen molar-refractivity contribution in [2.45, 2.75) is 39.3 Å². The number of anilines is 1. The van der Waals surface area contributed by atoms with E-state index >= 15 is 0 Å². The van der Waals surface area contributed by atoms with Gasteiger partial charge in [-0.05, 0) is 62.1 Å². The van der Waals surface area contributed by atoms with Crippen LogP contribution >= 0.6 is 0 Å². The van der Waals surface area contributed by atoms with Gasteiger partial charge in [-0.1, -0.05) is 36.4 Å². The maximum atomic E-state index is 6.10. The number of benzene rings is 2. The van der Waals surface area contributed by atoms with E-state index in [9.17, 15) is 0 Å². The van der Waals surface area contributed by atoms with Crippen molar-refractivity contribution in [2.24, 2.45) is 10.7 Å². The van der Waals surface area contributed by atoms with E-state index < -0.39 is 0 Å². The molecule has 0 amide bonds. The first-order chi connectivity index (χ1) is 12.1. The van der Waals surface area contributed by atoms with Gasteiger partial charge in [0, 0.05) is 18.3 Å². The highest BCUT2D eigenvalue weighted by molar-refractivity contribution is 5.92. The molecule has 0 aliphatic carbocycles. The van der Waals surface area contributed by atoms with Crippen molar-refractivity contribution < 1.29 is 0 Å². The van der Waals surface area contributed by atoms with E-state index in [-0.39, 0.29) is 0 Å². The molecular weight excluding hydrogens is 308 g/mol. The Labute approximate surface area is 150 Å². The van der Waals surface area contributed by atoms with Crippen LogP contribution in [0.15, 0.2) is 53.5 Å². The fraction of sp³-hybridized carbons (Fsp3) is 0.381. The topological polar surface area (TPSA) is 53.6 Å². The van der Waals surface area contributed by atoms with E-state index in [2.05, 4.69) is 77.6 Å². The maximum Gasteiger partial charge on any atom is 0.193 e. The summed E-state index contributed by atoms with van der Waals surface area (Å²) in [5.74, 6) is 0.497. The number of rotatable bonds is 5. The first kappa shape index (κ1) is 17.5. The minimum atomic E-state index is 0.472. The lowest BCUT2D eigenvalue weighted by atomic mass is 10.1. The van der Waals surface area contributed by atoms with Gasteiger partial charge in [0.1, 0.15) is 0 Å². The third-order valence-electron chi connectivity index (χ3n) is 4.69. The molecule has 1 unspecified atom stereocenters. The van der Waals surface area contributed by atoms with Crippen LogP contribution in [0, 0.1) is 13.8 Å². The number of likely N-dealkylation sites (tertiary alicyclic amines) is 1. The number of aliphatic imine (C=N–C) groups is 1. The van der Waals surface area contributed by atoms with E-state index in [1.807, 2.05) is 0 Å². The highest BCUT2D eigenvalue weighted by atomic mass is 15.2. The zero-order valence-electron chi connectivity index (χ0n) is 15.2. The first-order valence-electron chi connectivity index (χ1n) is 9.03. The zero-order valence-corrected chi connectivity index (χ0v) is 15.2. The van der Waals surface area contributed by atoms with Gasteiger partial charge in [-0.2, -0.15) is 0 Å². The zero-order chi connectivity index (χ0) is 17.6. The van der Waals surface area contributed by atoms with Gasteiger partial charge >= 0.3 is 0 Å². The van der Waals surface area contributed by atoms with Gasteiger partial charge < -0.3 is 11.1 Å². The molecule has 3 rings (SSSR count). The molecule has 0 saturated carbocycles. The second-order valence-electron chi connectivity index (χ2n) is 6.98. The van der Waals surface area contributed by atoms with Gasteiger partial charge in [-0.15, -0.1) is 0 Å². The van der Waals surface area contributed by atoms with Crippen LogP contribution in [0.3, 0.4) is 0 Å². The predicted molar refractivity (Wildman–Crippen MR) is 106 cm³/mol. The summed E-state index contributed by atoms with van der Waals surface area (Å²) in [7, 11) is 0. The summed E-state index contributed by atoms with van der Waals surface area (Å²) in [4.78, 5) is 7.11. The van der Waals surface area contributed by atoms with Crippen molar-refractivity contribution in [3.8, 4) is 0 Å². The van der Waals surface area contributed by atoms with Crippen LogP contribution in [0.25, 0.3) is 0 Å². The molecule has 2 aromatic rings. The molecular formula is C21H28N4. The molecule has 4 nitrogen and oxygen atoms in total. The maximum absolute atomic E-state index is 6.10. The fourth-order valence-electron chi connectivity index (χ4n) is 3.57. The van der Waals surface area contributed by atoms with Crippen LogP contribution in [0.5, 0.6) is 0 Å². The number of nitrogens with zero attached hydrogens (tertiary/aromatic N) is 2. The highest BCUT2D eigenvalue weighted by Gasteiger charge is 2.24. The molecule has 1 fully saturated rings. The second-order valence-corrected chi connectivity index (χ2v) is 6.98. The summed E-state index contributed by atoms with van der Waals surface area (Å²) in [5, 5.41) is 3.22. The Morgan fingerprint density at radius 3 is 2.60 bits per heavy atom. The smallest absolute Gasteiger partial charge is 0.193 e. The number of guanidine groups is 1. The molecule has 132 valence electrons. The van der Waals surface area contributed by atoms with Crippen molar-refractivity contribution in [1.82, 2.24) is 4.90 Å². The molecule has 0 aromatic heterocycles. The molecule has 0 bridgehead atoms. The lowest BCUT2D eigenvalue weighted by Crippen LogP contribution is -2.33. The lowest BCUT2D eigenvalue weighted by Gasteiger charge is -2.23. The third kappa shape index (κ3) is 5.07. The van der Waals surface area contributed by atoms with Gasteiger partial charge in [-0.3, -0.25) is 9.89 Å². The van der Waals surface area contributed by atoms with E-state index in [0.717, 1.165) is 25.3 Å². The molecule has 1 aliphatic rings. The Kier molecular flexibility index (Phi) is 5.71. The molecule has 1 atom stereocenters. The fourth-order valence-corrected chi connectivity index (χ4v) is 3.57. The number of aryl methyl sites for hydroxylation is 2. The quantitative estimate of drug-likeness (QED) is 0.647. The van der Waals surface area contributed by atoms with Crippen molar-refractivity contribution in [1.29, 1.82) is 0 Å². The van der Waals surface area contributed by atoms with Crippen LogP contribution < -0.4 is 11.1 Å². The SMILES string of the molecule is Cc1cc(C)cc(NC(N)=NCC2CCCN2Cc2ccccc2)c1. The molecule has 25 heavy (non-hydrogen) atoms. The van der Waals surface area contributed by atoms with Crippen LogP contribution in [0.2, 0.25) is 0 Å². The minimum Gasteiger partial charge on any atom is -0.370 e. The Morgan fingerprint density at radius 1 is 1.16 bits per heavy atom. The molecule has 3 N–H and O–H groups in total. The van der Waals surface area contributed by atoms with Crippen LogP contribution in [0.1, 0.15) is 29.5 Å². The lowest BCUT2D eigenvalue weighted by molar-refractivity contribution is 0.250. The standard InChI is InChI=1S/C21H28N4/c1-16-11-17(2)13-19(12-16)24-21(22)23-14-20-9-6-10-25(20)15-18-7-4-3-5-8-18/h3-5,7-8,11-13,20H,6,9-10,14-15H2,1-2H3,(H3,22,23,24). The summed E-state index contributed by atoms with van der Waals surface area (Å²) in [6, 6.07) is 17.4. The Morgan fingerprint density at radius 2 is 1.88 bits per heavy atom. The van der Waals surface area contributed by atoms with Gasteiger partial charge in [-0.25, -0.2) is 0 Å². The van der Waals surface area contributed by atoms with Gasteiger partial charge in [0.05, 0.1) is 6.54 Å². The van der Waals surface area contributed by atoms with Crippen LogP contribution in [-0.2, 0) is 6.54 Å². The molecule has 1 saturated heterocycles. The van der Waals surface area contributed by atoms with E-state index in [0.29, 0.717) is 12.0 Å². The predicted octanol–water partition coefficient (Wildman–Crippen LogP) is 3.69. The van der Waals surface area contributed by atoms with Crippen LogP contribution in [-0.4, -0.2) is 30.0 Å². The second kappa shape index (κ2) is 8.17. The van der Waals surface area contributed by atoms with Gasteiger partial charge in [0.2, 0.25) is 0 Å². The molecule has 1 heterocycles. The van der Waals surface area contributed by atoms with E-state index in [4.69, 9.17) is 5.73 Å². The summed E-state index contributed by atoms with van der Waals surface area (Å²) in [6.07, 6.45) is 2.42. The molecule has 1 aliphatic heterocycles. The van der Waals surface area contributed by atoms with E-state index in [1.54, 1.807) is 0 Å². The van der Waals surface area contributed by atoms with Crippen LogP contribution in [0.4, 0.5) is 5.69 Å². The van der Waals surface area contributed by atoms with Crippen molar-refractivity contribution in [3.05, 3.63) is 65.2 Å². The molecule has 4 heteroatoms. The average Bonchev–Trinajstić information content (AvgIpc) is 3.00. The van der Waals surface area contributed by atoms with Crippen molar-refractivity contribution in [2.75, 3.05) is 18.4 Å². The van der Waals surface area contributed by atoms with E-state index in [1.165, 1.54) is 29.5 Å². The molecule has 2 aromatic carbocycles. The average molecular weight is 336 g/mol. The highest BCUT2D eigenvalue weighted by Crippen LogP contribution is 2.20. The number of hydrogen-bond donors (Lipinski definition) is 2. The Balaban J connectivity index is 1.58. The number of nitrogens with one attached hydrogen (secondary N) is 1. The molecule has 0 radical (unpaired) electrons. The van der Waals surface area contributed by atoms with Crippen molar-refractivity contribution in [3.63, 3.8) is 0 Å². The summed E-state index contributed by atoms with van der Waals surface area (Å²) in [5.41, 5.74) is 10.9. The number of nitrogens with two attached hydrogens (primary N) is 1. The summed E-state index contributed by atoms with van der Waals surface area (Å²) >= 11 is 0. The molecule has 0 spiro atoms. The third-order valence-corrected chi connectivity index (χ3v) is 4.69. The minimum absolute atomic E-state index is 0.472. The Hall–Kier alpha value is -2.33. The first-order valence-corrected chi connectivity index (χ1v) is 9.03. The van der Waals surface area contributed by atoms with Gasteiger partial charge in [0.15, 0.2) is 5.96 Å². The summed E-state index contributed by atoms with van der Waals surface area (Å²) in [6.45, 7) is 7.05. The largest absolute Gasteiger partial charge is 0.370 e. The monoisotopic (exact) mass is 336 g/mol. The van der Waals surface area contributed by atoms with Gasteiger partial charge in [0.25, 0.3) is 0 Å². The Bertz CT molecular complexity index is 704.